The van der Waals surface area contributed by atoms with Gasteiger partial charge in [-0.05, 0) is 30.2 Å². The minimum Gasteiger partial charge on any atom is -0.324 e. The SMILES string of the molecule is CC(N)c1ccc(SCc2ccccc2)c(F)c1. The molecule has 0 radical (unpaired) electrons. The number of hydrogen-bond donors (Lipinski definition) is 1. The van der Waals surface area contributed by atoms with Crippen molar-refractivity contribution in [2.45, 2.75) is 23.6 Å². The summed E-state index contributed by atoms with van der Waals surface area (Å²) in [4.78, 5) is 0.670. The Labute approximate surface area is 111 Å². The Morgan fingerprint density at radius 2 is 1.89 bits per heavy atom. The molecule has 3 heteroatoms. The van der Waals surface area contributed by atoms with Crippen molar-refractivity contribution in [3.05, 3.63) is 65.5 Å². The summed E-state index contributed by atoms with van der Waals surface area (Å²) in [7, 11) is 0. The average Bonchev–Trinajstić information content (AvgIpc) is 2.38. The van der Waals surface area contributed by atoms with Crippen LogP contribution in [0.25, 0.3) is 0 Å². The Balaban J connectivity index is 2.06. The fraction of sp³-hybridized carbons (Fsp3) is 0.200. The van der Waals surface area contributed by atoms with Gasteiger partial charge in [0.05, 0.1) is 0 Å². The van der Waals surface area contributed by atoms with Crippen molar-refractivity contribution in [1.82, 2.24) is 0 Å². The van der Waals surface area contributed by atoms with Gasteiger partial charge in [0.25, 0.3) is 0 Å². The molecular weight excluding hydrogens is 245 g/mol. The minimum absolute atomic E-state index is 0.132. The molecule has 0 aliphatic rings. The molecule has 0 amide bonds. The maximum absolute atomic E-state index is 13.8. The van der Waals surface area contributed by atoms with Gasteiger partial charge in [0.1, 0.15) is 5.82 Å². The lowest BCUT2D eigenvalue weighted by Crippen LogP contribution is -2.05. The standard InChI is InChI=1S/C15H16FNS/c1-11(17)13-7-8-15(14(16)9-13)18-10-12-5-3-2-4-6-12/h2-9,11H,10,17H2,1H3. The highest BCUT2D eigenvalue weighted by atomic mass is 32.2. The highest BCUT2D eigenvalue weighted by molar-refractivity contribution is 7.98. The molecule has 2 rings (SSSR count). The van der Waals surface area contributed by atoms with Gasteiger partial charge >= 0.3 is 0 Å². The van der Waals surface area contributed by atoms with E-state index in [0.717, 1.165) is 11.3 Å². The van der Waals surface area contributed by atoms with Gasteiger partial charge in [0.2, 0.25) is 0 Å². The number of nitrogens with two attached hydrogens (primary N) is 1. The normalized spacial score (nSPS) is 12.4. The summed E-state index contributed by atoms with van der Waals surface area (Å²) in [5, 5.41) is 0. The van der Waals surface area contributed by atoms with Gasteiger partial charge in [-0.1, -0.05) is 36.4 Å². The summed E-state index contributed by atoms with van der Waals surface area (Å²) in [5.74, 6) is 0.584. The van der Waals surface area contributed by atoms with Crippen LogP contribution in [0, 0.1) is 5.82 Å². The Morgan fingerprint density at radius 1 is 1.17 bits per heavy atom. The second kappa shape index (κ2) is 6.03. The van der Waals surface area contributed by atoms with Crippen LogP contribution in [0.3, 0.4) is 0 Å². The van der Waals surface area contributed by atoms with E-state index in [1.807, 2.05) is 49.4 Å². The van der Waals surface area contributed by atoms with Crippen molar-refractivity contribution < 1.29 is 4.39 Å². The van der Waals surface area contributed by atoms with Crippen LogP contribution >= 0.6 is 11.8 Å². The van der Waals surface area contributed by atoms with E-state index in [1.54, 1.807) is 0 Å². The summed E-state index contributed by atoms with van der Waals surface area (Å²) in [6, 6.07) is 15.1. The molecule has 94 valence electrons. The summed E-state index contributed by atoms with van der Waals surface area (Å²) in [5.41, 5.74) is 7.75. The third-order valence-corrected chi connectivity index (χ3v) is 3.84. The van der Waals surface area contributed by atoms with Crippen molar-refractivity contribution in [3.8, 4) is 0 Å². The zero-order valence-corrected chi connectivity index (χ0v) is 11.1. The van der Waals surface area contributed by atoms with Crippen LogP contribution in [-0.4, -0.2) is 0 Å². The summed E-state index contributed by atoms with van der Waals surface area (Å²) >= 11 is 1.50. The number of thioether (sulfide) groups is 1. The zero-order chi connectivity index (χ0) is 13.0. The van der Waals surface area contributed by atoms with Crippen molar-refractivity contribution in [2.24, 2.45) is 5.73 Å². The van der Waals surface area contributed by atoms with Crippen molar-refractivity contribution in [3.63, 3.8) is 0 Å². The van der Waals surface area contributed by atoms with Crippen LogP contribution in [-0.2, 0) is 5.75 Å². The largest absolute Gasteiger partial charge is 0.324 e. The first-order chi connectivity index (χ1) is 8.66. The van der Waals surface area contributed by atoms with Gasteiger partial charge in [-0.2, -0.15) is 0 Å². The molecule has 0 saturated heterocycles. The predicted molar refractivity (Wildman–Crippen MR) is 75.0 cm³/mol. The molecule has 1 nitrogen and oxygen atoms in total. The van der Waals surface area contributed by atoms with Gasteiger partial charge in [-0.25, -0.2) is 4.39 Å². The molecule has 0 saturated carbocycles. The van der Waals surface area contributed by atoms with Crippen molar-refractivity contribution in [2.75, 3.05) is 0 Å². The van der Waals surface area contributed by atoms with Crippen LogP contribution in [0.5, 0.6) is 0 Å². The molecule has 1 atom stereocenters. The molecule has 1 unspecified atom stereocenters. The molecule has 2 aromatic rings. The second-order valence-electron chi connectivity index (χ2n) is 4.25. The maximum Gasteiger partial charge on any atom is 0.137 e. The lowest BCUT2D eigenvalue weighted by atomic mass is 10.1. The Kier molecular flexibility index (Phi) is 4.39. The molecule has 0 heterocycles. The van der Waals surface area contributed by atoms with Gasteiger partial charge in [0, 0.05) is 16.7 Å². The van der Waals surface area contributed by atoms with Crippen LogP contribution in [0.1, 0.15) is 24.1 Å². The van der Waals surface area contributed by atoms with Crippen LogP contribution < -0.4 is 5.73 Å². The number of halogens is 1. The van der Waals surface area contributed by atoms with Gasteiger partial charge in [0.15, 0.2) is 0 Å². The molecular formula is C15H16FNS. The van der Waals surface area contributed by atoms with E-state index < -0.39 is 0 Å². The quantitative estimate of drug-likeness (QED) is 0.837. The average molecular weight is 261 g/mol. The fourth-order valence-corrected chi connectivity index (χ4v) is 2.53. The van der Waals surface area contributed by atoms with E-state index in [0.29, 0.717) is 4.90 Å². The van der Waals surface area contributed by atoms with Gasteiger partial charge in [-0.3, -0.25) is 0 Å². The lowest BCUT2D eigenvalue weighted by molar-refractivity contribution is 0.596. The smallest absolute Gasteiger partial charge is 0.137 e. The third-order valence-electron chi connectivity index (χ3n) is 2.72. The molecule has 0 aliphatic carbocycles. The lowest BCUT2D eigenvalue weighted by Gasteiger charge is -2.08. The first-order valence-electron chi connectivity index (χ1n) is 5.88. The Bertz CT molecular complexity index is 511. The highest BCUT2D eigenvalue weighted by Gasteiger charge is 2.06. The molecule has 18 heavy (non-hydrogen) atoms. The summed E-state index contributed by atoms with van der Waals surface area (Å²) in [6.45, 7) is 1.85. The molecule has 2 aromatic carbocycles. The van der Waals surface area contributed by atoms with Crippen molar-refractivity contribution in [1.29, 1.82) is 0 Å². The second-order valence-corrected chi connectivity index (χ2v) is 5.27. The van der Waals surface area contributed by atoms with Crippen LogP contribution in [0.4, 0.5) is 4.39 Å². The molecule has 0 spiro atoms. The van der Waals surface area contributed by atoms with Gasteiger partial charge < -0.3 is 5.73 Å². The van der Waals surface area contributed by atoms with Crippen molar-refractivity contribution >= 4 is 11.8 Å². The Morgan fingerprint density at radius 3 is 2.50 bits per heavy atom. The number of hydrogen-bond acceptors (Lipinski definition) is 2. The fourth-order valence-electron chi connectivity index (χ4n) is 1.65. The van der Waals surface area contributed by atoms with E-state index >= 15 is 0 Å². The van der Waals surface area contributed by atoms with E-state index in [1.165, 1.54) is 23.4 Å². The monoisotopic (exact) mass is 261 g/mol. The van der Waals surface area contributed by atoms with E-state index in [2.05, 4.69) is 0 Å². The topological polar surface area (TPSA) is 26.0 Å². The van der Waals surface area contributed by atoms with E-state index in [9.17, 15) is 4.39 Å². The first kappa shape index (κ1) is 13.1. The van der Waals surface area contributed by atoms with Gasteiger partial charge in [-0.15, -0.1) is 11.8 Å². The summed E-state index contributed by atoms with van der Waals surface area (Å²) < 4.78 is 13.8. The highest BCUT2D eigenvalue weighted by Crippen LogP contribution is 2.27. The molecule has 0 aliphatic heterocycles. The maximum atomic E-state index is 13.8. The van der Waals surface area contributed by atoms with Crippen LogP contribution in [0.2, 0.25) is 0 Å². The first-order valence-corrected chi connectivity index (χ1v) is 6.87. The zero-order valence-electron chi connectivity index (χ0n) is 10.3. The van der Waals surface area contributed by atoms with E-state index in [4.69, 9.17) is 5.73 Å². The Hall–Kier alpha value is -1.32. The number of rotatable bonds is 4. The molecule has 0 fully saturated rings. The third kappa shape index (κ3) is 3.34. The predicted octanol–water partition coefficient (Wildman–Crippen LogP) is 4.14. The molecule has 0 aromatic heterocycles. The summed E-state index contributed by atoms with van der Waals surface area (Å²) in [6.07, 6.45) is 0. The van der Waals surface area contributed by atoms with E-state index in [-0.39, 0.29) is 11.9 Å². The molecule has 0 bridgehead atoms. The molecule has 2 N–H and O–H groups in total. The van der Waals surface area contributed by atoms with Crippen LogP contribution in [0.15, 0.2) is 53.4 Å². The number of benzene rings is 2. The minimum atomic E-state index is -0.189.